The quantitative estimate of drug-likeness (QED) is 0.259. The van der Waals surface area contributed by atoms with E-state index in [4.69, 9.17) is 5.84 Å². The molecule has 12 heavy (non-hydrogen) atoms. The van der Waals surface area contributed by atoms with Gasteiger partial charge in [0.1, 0.15) is 6.54 Å². The third-order valence-corrected chi connectivity index (χ3v) is 1.12. The fraction of sp³-hybridized carbons (Fsp3) is 0.800. The van der Waals surface area contributed by atoms with Gasteiger partial charge >= 0.3 is 6.18 Å². The zero-order valence-electron chi connectivity index (χ0n) is 6.81. The molecule has 3 N–H and O–H groups in total. The normalized spacial score (nSPS) is 13.0. The summed E-state index contributed by atoms with van der Waals surface area (Å²) >= 11 is 0. The Bertz CT molecular complexity index is 165. The number of hydrogen-bond donors (Lipinski definition) is 2. The lowest BCUT2D eigenvalue weighted by molar-refractivity contribution is -0.136. The smallest absolute Gasteiger partial charge is 0.336 e. The van der Waals surface area contributed by atoms with E-state index in [1.165, 1.54) is 14.1 Å². The predicted octanol–water partition coefficient (Wildman–Crippen LogP) is -0.0704. The molecule has 0 radical (unpaired) electrons. The minimum atomic E-state index is -4.25. The lowest BCUT2D eigenvalue weighted by atomic mass is 10.5. The van der Waals surface area contributed by atoms with Crippen molar-refractivity contribution in [3.63, 3.8) is 0 Å². The van der Waals surface area contributed by atoms with Crippen molar-refractivity contribution in [1.82, 2.24) is 10.3 Å². The molecule has 0 atom stereocenters. The van der Waals surface area contributed by atoms with Gasteiger partial charge in [-0.15, -0.1) is 0 Å². The van der Waals surface area contributed by atoms with Gasteiger partial charge in [0, 0.05) is 14.1 Å². The molecular weight excluding hydrogens is 173 g/mol. The summed E-state index contributed by atoms with van der Waals surface area (Å²) in [6.07, 6.45) is -4.25. The summed E-state index contributed by atoms with van der Waals surface area (Å²) in [4.78, 5) is 4.37. The third kappa shape index (κ3) is 4.02. The topological polar surface area (TPSA) is 53.6 Å². The highest BCUT2D eigenvalue weighted by Gasteiger charge is 2.30. The number of rotatable bonds is 1. The van der Waals surface area contributed by atoms with Gasteiger partial charge in [0.15, 0.2) is 0 Å². The zero-order chi connectivity index (χ0) is 9.78. The highest BCUT2D eigenvalue weighted by atomic mass is 19.4. The summed E-state index contributed by atoms with van der Waals surface area (Å²) in [5.41, 5.74) is 2.05. The SMILES string of the molecule is CN=C(NN)N(C)CC(F)(F)F. The van der Waals surface area contributed by atoms with Crippen LogP contribution in [0.5, 0.6) is 0 Å². The first-order valence-corrected chi connectivity index (χ1v) is 3.12. The predicted molar refractivity (Wildman–Crippen MR) is 39.4 cm³/mol. The van der Waals surface area contributed by atoms with E-state index < -0.39 is 12.7 Å². The molecule has 0 spiro atoms. The highest BCUT2D eigenvalue weighted by molar-refractivity contribution is 5.78. The lowest BCUT2D eigenvalue weighted by Crippen LogP contribution is -2.46. The van der Waals surface area contributed by atoms with Gasteiger partial charge in [0.25, 0.3) is 0 Å². The molecule has 7 heteroatoms. The molecule has 0 saturated heterocycles. The molecule has 0 aliphatic rings. The van der Waals surface area contributed by atoms with Crippen molar-refractivity contribution in [3.8, 4) is 0 Å². The molecule has 0 rings (SSSR count). The van der Waals surface area contributed by atoms with Crippen molar-refractivity contribution in [1.29, 1.82) is 0 Å². The minimum absolute atomic E-state index is 0.00711. The molecule has 72 valence electrons. The largest absolute Gasteiger partial charge is 0.406 e. The monoisotopic (exact) mass is 184 g/mol. The highest BCUT2D eigenvalue weighted by Crippen LogP contribution is 2.15. The number of nitrogens with one attached hydrogen (secondary N) is 1. The molecule has 0 unspecified atom stereocenters. The fourth-order valence-electron chi connectivity index (χ4n) is 0.689. The van der Waals surface area contributed by atoms with Gasteiger partial charge in [0.05, 0.1) is 0 Å². The molecule has 0 aromatic rings. The van der Waals surface area contributed by atoms with E-state index in [0.29, 0.717) is 0 Å². The Morgan fingerprint density at radius 3 is 2.33 bits per heavy atom. The molecule has 0 amide bonds. The van der Waals surface area contributed by atoms with E-state index in [0.717, 1.165) is 4.90 Å². The van der Waals surface area contributed by atoms with Gasteiger partial charge < -0.3 is 4.90 Å². The first-order valence-electron chi connectivity index (χ1n) is 3.12. The lowest BCUT2D eigenvalue weighted by Gasteiger charge is -2.21. The number of hydrogen-bond acceptors (Lipinski definition) is 2. The molecule has 0 aromatic heterocycles. The third-order valence-electron chi connectivity index (χ3n) is 1.12. The Hall–Kier alpha value is -0.980. The number of nitrogens with two attached hydrogens (primary N) is 1. The summed E-state index contributed by atoms with van der Waals surface area (Å²) in [6.45, 7) is -1.08. The van der Waals surface area contributed by atoms with Crippen molar-refractivity contribution in [2.24, 2.45) is 10.8 Å². The molecule has 0 aliphatic heterocycles. The second kappa shape index (κ2) is 4.15. The fourth-order valence-corrected chi connectivity index (χ4v) is 0.689. The Balaban J connectivity index is 4.12. The molecule has 0 fully saturated rings. The maximum absolute atomic E-state index is 11.8. The van der Waals surface area contributed by atoms with Crippen LogP contribution in [0.25, 0.3) is 0 Å². The number of aliphatic imine (C=N–C) groups is 1. The van der Waals surface area contributed by atoms with Crippen LogP contribution in [-0.4, -0.2) is 37.7 Å². The molecule has 0 aromatic carbocycles. The Morgan fingerprint density at radius 2 is 2.08 bits per heavy atom. The van der Waals surface area contributed by atoms with E-state index in [2.05, 4.69) is 10.4 Å². The summed E-state index contributed by atoms with van der Waals surface area (Å²) in [5.74, 6) is 4.91. The van der Waals surface area contributed by atoms with Crippen LogP contribution in [-0.2, 0) is 0 Å². The van der Waals surface area contributed by atoms with Crippen LogP contribution >= 0.6 is 0 Å². The van der Waals surface area contributed by atoms with E-state index >= 15 is 0 Å². The number of guanidine groups is 1. The average molecular weight is 184 g/mol. The summed E-state index contributed by atoms with van der Waals surface area (Å²) < 4.78 is 35.3. The molecule has 0 aliphatic carbocycles. The van der Waals surface area contributed by atoms with Crippen molar-refractivity contribution in [2.75, 3.05) is 20.6 Å². The number of halogens is 3. The Kier molecular flexibility index (Phi) is 3.81. The van der Waals surface area contributed by atoms with Crippen LogP contribution in [0.4, 0.5) is 13.2 Å². The van der Waals surface area contributed by atoms with Gasteiger partial charge in [-0.25, -0.2) is 5.84 Å². The maximum atomic E-state index is 11.8. The Labute approximate surface area is 68.2 Å². The van der Waals surface area contributed by atoms with Crippen molar-refractivity contribution < 1.29 is 13.2 Å². The number of hydrazine groups is 1. The van der Waals surface area contributed by atoms with E-state index in [-0.39, 0.29) is 5.96 Å². The van der Waals surface area contributed by atoms with Crippen LogP contribution < -0.4 is 11.3 Å². The second-order valence-corrected chi connectivity index (χ2v) is 2.16. The first-order chi connectivity index (χ1) is 5.40. The van der Waals surface area contributed by atoms with Gasteiger partial charge in [0.2, 0.25) is 5.96 Å². The molecule has 0 heterocycles. The van der Waals surface area contributed by atoms with Crippen molar-refractivity contribution >= 4 is 5.96 Å². The summed E-state index contributed by atoms with van der Waals surface area (Å²) in [5, 5.41) is 0. The first kappa shape index (κ1) is 11.0. The van der Waals surface area contributed by atoms with Crippen LogP contribution in [0.2, 0.25) is 0 Å². The molecular formula is C5H11F3N4. The van der Waals surface area contributed by atoms with Gasteiger partial charge in [-0.05, 0) is 0 Å². The molecule has 4 nitrogen and oxygen atoms in total. The molecule has 0 saturated carbocycles. The second-order valence-electron chi connectivity index (χ2n) is 2.16. The zero-order valence-corrected chi connectivity index (χ0v) is 6.81. The van der Waals surface area contributed by atoms with Gasteiger partial charge in [-0.2, -0.15) is 13.2 Å². The maximum Gasteiger partial charge on any atom is 0.406 e. The van der Waals surface area contributed by atoms with Crippen LogP contribution in [0, 0.1) is 0 Å². The van der Waals surface area contributed by atoms with E-state index in [9.17, 15) is 13.2 Å². The standard InChI is InChI=1S/C5H11F3N4/c1-10-4(11-9)12(2)3-5(6,7)8/h3,9H2,1-2H3,(H,10,11). The van der Waals surface area contributed by atoms with Gasteiger partial charge in [-0.3, -0.25) is 10.4 Å². The van der Waals surface area contributed by atoms with Gasteiger partial charge in [-0.1, -0.05) is 0 Å². The van der Waals surface area contributed by atoms with E-state index in [1.54, 1.807) is 0 Å². The minimum Gasteiger partial charge on any atom is -0.336 e. The average Bonchev–Trinajstić information content (AvgIpc) is 1.85. The van der Waals surface area contributed by atoms with Crippen molar-refractivity contribution in [2.45, 2.75) is 6.18 Å². The number of alkyl halides is 3. The van der Waals surface area contributed by atoms with Crippen LogP contribution in [0.3, 0.4) is 0 Å². The van der Waals surface area contributed by atoms with E-state index in [1.807, 2.05) is 0 Å². The molecule has 0 bridgehead atoms. The number of nitrogens with zero attached hydrogens (tertiary/aromatic N) is 2. The summed E-state index contributed by atoms with van der Waals surface area (Å²) in [6, 6.07) is 0. The van der Waals surface area contributed by atoms with Crippen LogP contribution in [0.1, 0.15) is 0 Å². The van der Waals surface area contributed by atoms with Crippen molar-refractivity contribution in [3.05, 3.63) is 0 Å². The van der Waals surface area contributed by atoms with Crippen LogP contribution in [0.15, 0.2) is 4.99 Å². The summed E-state index contributed by atoms with van der Waals surface area (Å²) in [7, 11) is 2.59. The Morgan fingerprint density at radius 1 is 1.58 bits per heavy atom.